The first-order chi connectivity index (χ1) is 6.97. The van der Waals surface area contributed by atoms with Crippen molar-refractivity contribution in [2.75, 3.05) is 38.7 Å². The number of rotatable bonds is 5. The topological polar surface area (TPSA) is 49.4 Å². The number of nitrogens with one attached hydrogen (secondary N) is 1. The van der Waals surface area contributed by atoms with E-state index in [0.29, 0.717) is 11.8 Å². The molecule has 90 valence electrons. The predicted molar refractivity (Wildman–Crippen MR) is 62.8 cm³/mol. The molecule has 15 heavy (non-hydrogen) atoms. The lowest BCUT2D eigenvalue weighted by molar-refractivity contribution is 0.235. The Bertz CT molecular complexity index is 269. The van der Waals surface area contributed by atoms with Crippen LogP contribution >= 0.6 is 0 Å². The fraction of sp³-hybridized carbons (Fsp3) is 1.00. The van der Waals surface area contributed by atoms with Gasteiger partial charge in [-0.05, 0) is 45.9 Å². The summed E-state index contributed by atoms with van der Waals surface area (Å²) in [5, 5.41) is 3.42. The third-order valence-corrected chi connectivity index (χ3v) is 3.87. The van der Waals surface area contributed by atoms with E-state index in [1.807, 2.05) is 0 Å². The summed E-state index contributed by atoms with van der Waals surface area (Å²) in [4.78, 5) is 2.33. The molecule has 1 rings (SSSR count). The fourth-order valence-electron chi connectivity index (χ4n) is 1.85. The van der Waals surface area contributed by atoms with E-state index in [4.69, 9.17) is 0 Å². The quantitative estimate of drug-likeness (QED) is 0.686. The van der Waals surface area contributed by atoms with Gasteiger partial charge in [-0.2, -0.15) is 0 Å². The maximum atomic E-state index is 10.9. The van der Waals surface area contributed by atoms with Gasteiger partial charge in [0.2, 0.25) is 0 Å². The van der Waals surface area contributed by atoms with Gasteiger partial charge in [0.05, 0.1) is 5.75 Å². The lowest BCUT2D eigenvalue weighted by atomic mass is 10.1. The molecule has 5 heteroatoms. The van der Waals surface area contributed by atoms with Gasteiger partial charge in [-0.3, -0.25) is 0 Å². The summed E-state index contributed by atoms with van der Waals surface area (Å²) in [5.74, 6) is 0.298. The third-order valence-electron chi connectivity index (χ3n) is 2.84. The number of piperidine rings is 1. The molecule has 0 bridgehead atoms. The van der Waals surface area contributed by atoms with Gasteiger partial charge in [0, 0.05) is 12.3 Å². The van der Waals surface area contributed by atoms with Gasteiger partial charge in [-0.15, -0.1) is 0 Å². The summed E-state index contributed by atoms with van der Waals surface area (Å²) in [5.41, 5.74) is 0. The summed E-state index contributed by atoms with van der Waals surface area (Å²) in [6, 6.07) is 0.584. The molecule has 1 N–H and O–H groups in total. The SMILES string of the molecule is CN1CCC(NCCCS(C)(=O)=O)CC1. The normalized spacial score (nSPS) is 20.7. The van der Waals surface area contributed by atoms with Crippen molar-refractivity contribution >= 4 is 9.84 Å². The van der Waals surface area contributed by atoms with Crippen LogP contribution in [0, 0.1) is 0 Å². The highest BCUT2D eigenvalue weighted by atomic mass is 32.2. The highest BCUT2D eigenvalue weighted by molar-refractivity contribution is 7.90. The molecular weight excluding hydrogens is 212 g/mol. The van der Waals surface area contributed by atoms with Crippen LogP contribution in [0.1, 0.15) is 19.3 Å². The zero-order valence-electron chi connectivity index (χ0n) is 9.70. The van der Waals surface area contributed by atoms with E-state index in [1.54, 1.807) is 0 Å². The molecule has 0 amide bonds. The van der Waals surface area contributed by atoms with Gasteiger partial charge in [0.1, 0.15) is 9.84 Å². The van der Waals surface area contributed by atoms with Gasteiger partial charge in [0.15, 0.2) is 0 Å². The summed E-state index contributed by atoms with van der Waals surface area (Å²) >= 11 is 0. The summed E-state index contributed by atoms with van der Waals surface area (Å²) in [7, 11) is -0.645. The number of likely N-dealkylation sites (tertiary alicyclic amines) is 1. The van der Waals surface area contributed by atoms with Gasteiger partial charge in [-0.1, -0.05) is 0 Å². The fourth-order valence-corrected chi connectivity index (χ4v) is 2.52. The van der Waals surface area contributed by atoms with Crippen molar-refractivity contribution in [2.24, 2.45) is 0 Å². The molecule has 0 atom stereocenters. The van der Waals surface area contributed by atoms with Crippen molar-refractivity contribution in [3.8, 4) is 0 Å². The first-order valence-corrected chi connectivity index (χ1v) is 7.63. The monoisotopic (exact) mass is 234 g/mol. The molecule has 0 unspecified atom stereocenters. The van der Waals surface area contributed by atoms with Crippen LogP contribution in [0.15, 0.2) is 0 Å². The molecule has 0 aromatic heterocycles. The van der Waals surface area contributed by atoms with Crippen molar-refractivity contribution in [3.63, 3.8) is 0 Å². The van der Waals surface area contributed by atoms with Crippen LogP contribution in [-0.4, -0.2) is 58.1 Å². The van der Waals surface area contributed by atoms with E-state index >= 15 is 0 Å². The summed E-state index contributed by atoms with van der Waals surface area (Å²) < 4.78 is 21.8. The third kappa shape index (κ3) is 6.12. The molecule has 1 fully saturated rings. The smallest absolute Gasteiger partial charge is 0.147 e. The molecule has 0 aromatic carbocycles. The van der Waals surface area contributed by atoms with E-state index in [1.165, 1.54) is 19.1 Å². The maximum absolute atomic E-state index is 10.9. The van der Waals surface area contributed by atoms with Crippen LogP contribution in [0.3, 0.4) is 0 Å². The zero-order chi connectivity index (χ0) is 11.3. The van der Waals surface area contributed by atoms with E-state index in [9.17, 15) is 8.42 Å². The summed E-state index contributed by atoms with van der Waals surface area (Å²) in [6.45, 7) is 3.11. The van der Waals surface area contributed by atoms with Crippen LogP contribution in [0.2, 0.25) is 0 Å². The predicted octanol–water partition coefficient (Wildman–Crippen LogP) is 0.105. The molecule has 1 aliphatic heterocycles. The van der Waals surface area contributed by atoms with Crippen molar-refractivity contribution in [2.45, 2.75) is 25.3 Å². The van der Waals surface area contributed by atoms with Crippen molar-refractivity contribution in [3.05, 3.63) is 0 Å². The Morgan fingerprint density at radius 1 is 1.33 bits per heavy atom. The number of nitrogens with zero attached hydrogens (tertiary/aromatic N) is 1. The second-order valence-corrected chi connectivity index (χ2v) is 6.77. The first-order valence-electron chi connectivity index (χ1n) is 5.57. The van der Waals surface area contributed by atoms with Crippen LogP contribution in [0.4, 0.5) is 0 Å². The number of hydrogen-bond acceptors (Lipinski definition) is 4. The Morgan fingerprint density at radius 3 is 2.47 bits per heavy atom. The Hall–Kier alpha value is -0.130. The number of hydrogen-bond donors (Lipinski definition) is 1. The minimum Gasteiger partial charge on any atom is -0.314 e. The van der Waals surface area contributed by atoms with Gasteiger partial charge < -0.3 is 10.2 Å². The molecule has 0 saturated carbocycles. The Balaban J connectivity index is 2.06. The standard InChI is InChI=1S/C10H22N2O2S/c1-12-7-4-10(5-8-12)11-6-3-9-15(2,13)14/h10-11H,3-9H2,1-2H3. The van der Waals surface area contributed by atoms with Gasteiger partial charge in [-0.25, -0.2) is 8.42 Å². The summed E-state index contributed by atoms with van der Waals surface area (Å²) in [6.07, 6.45) is 4.37. The highest BCUT2D eigenvalue weighted by Gasteiger charge is 2.15. The van der Waals surface area contributed by atoms with E-state index < -0.39 is 9.84 Å². The van der Waals surface area contributed by atoms with Crippen molar-refractivity contribution in [1.29, 1.82) is 0 Å². The van der Waals surface area contributed by atoms with E-state index in [2.05, 4.69) is 17.3 Å². The second-order valence-electron chi connectivity index (χ2n) is 4.52. The minimum atomic E-state index is -2.78. The largest absolute Gasteiger partial charge is 0.314 e. The van der Waals surface area contributed by atoms with Crippen LogP contribution in [0.25, 0.3) is 0 Å². The molecule has 1 heterocycles. The average molecular weight is 234 g/mol. The lowest BCUT2D eigenvalue weighted by Crippen LogP contribution is -2.41. The molecule has 0 radical (unpaired) electrons. The van der Waals surface area contributed by atoms with Crippen LogP contribution in [-0.2, 0) is 9.84 Å². The van der Waals surface area contributed by atoms with Gasteiger partial charge in [0.25, 0.3) is 0 Å². The van der Waals surface area contributed by atoms with E-state index in [0.717, 1.165) is 26.1 Å². The average Bonchev–Trinajstić information content (AvgIpc) is 2.14. The maximum Gasteiger partial charge on any atom is 0.147 e. The Kier molecular flexibility index (Phi) is 5.02. The molecule has 0 aliphatic carbocycles. The highest BCUT2D eigenvalue weighted by Crippen LogP contribution is 2.07. The van der Waals surface area contributed by atoms with Crippen LogP contribution < -0.4 is 5.32 Å². The number of sulfone groups is 1. The molecule has 0 aromatic rings. The molecule has 1 aliphatic rings. The van der Waals surface area contributed by atoms with Crippen LogP contribution in [0.5, 0.6) is 0 Å². The molecular formula is C10H22N2O2S. The first kappa shape index (κ1) is 12.9. The van der Waals surface area contributed by atoms with Gasteiger partial charge >= 0.3 is 0 Å². The zero-order valence-corrected chi connectivity index (χ0v) is 10.5. The minimum absolute atomic E-state index is 0.298. The molecule has 0 spiro atoms. The van der Waals surface area contributed by atoms with Crippen molar-refractivity contribution < 1.29 is 8.42 Å². The lowest BCUT2D eigenvalue weighted by Gasteiger charge is -2.29. The Labute approximate surface area is 93.0 Å². The Morgan fingerprint density at radius 2 is 1.93 bits per heavy atom. The van der Waals surface area contributed by atoms with Crippen molar-refractivity contribution in [1.82, 2.24) is 10.2 Å². The molecule has 1 saturated heterocycles. The van der Waals surface area contributed by atoms with E-state index in [-0.39, 0.29) is 0 Å². The second kappa shape index (κ2) is 5.82. The molecule has 4 nitrogen and oxygen atoms in total.